The second-order valence-electron chi connectivity index (χ2n) is 28.2. The summed E-state index contributed by atoms with van der Waals surface area (Å²) < 4.78 is 0. The molecule has 0 saturated carbocycles. The number of anilines is 6. The molecule has 0 N–H and O–H groups in total. The molecule has 0 aliphatic heterocycles. The fourth-order valence-electron chi connectivity index (χ4n) is 16.4. The Labute approximate surface area is 574 Å². The zero-order valence-electron chi connectivity index (χ0n) is 56.1. The third-order valence-corrected chi connectivity index (χ3v) is 21.6. The predicted octanol–water partition coefficient (Wildman–Crippen LogP) is 26.8. The van der Waals surface area contributed by atoms with E-state index in [9.17, 15) is 0 Å². The summed E-state index contributed by atoms with van der Waals surface area (Å²) in [7, 11) is 0. The molecule has 0 saturated heterocycles. The molecular weight excluding hydrogens is 1180 g/mol. The number of hydrogen-bond acceptors (Lipinski definition) is 2. The van der Waals surface area contributed by atoms with E-state index in [-0.39, 0.29) is 10.8 Å². The lowest BCUT2D eigenvalue weighted by Crippen LogP contribution is -2.17. The molecule has 18 rings (SSSR count). The summed E-state index contributed by atoms with van der Waals surface area (Å²) in [6.45, 7) is 13.8. The van der Waals surface area contributed by atoms with Crippen LogP contribution in [0.15, 0.2) is 328 Å². The van der Waals surface area contributed by atoms with Crippen LogP contribution in [0.3, 0.4) is 0 Å². The maximum absolute atomic E-state index is 2.55. The molecule has 0 unspecified atom stereocenters. The Balaban J connectivity index is 0.759. The molecule has 0 fully saturated rings. The van der Waals surface area contributed by atoms with Gasteiger partial charge in [0.15, 0.2) is 0 Å². The summed E-state index contributed by atoms with van der Waals surface area (Å²) in [4.78, 5) is 5.08. The Bertz CT molecular complexity index is 5870. The van der Waals surface area contributed by atoms with Gasteiger partial charge in [0.05, 0.1) is 22.7 Å². The maximum atomic E-state index is 2.55. The van der Waals surface area contributed by atoms with Crippen molar-refractivity contribution in [2.45, 2.75) is 52.4 Å². The van der Waals surface area contributed by atoms with E-state index < -0.39 is 0 Å². The van der Waals surface area contributed by atoms with Gasteiger partial charge in [0.25, 0.3) is 0 Å². The first kappa shape index (κ1) is 58.7. The van der Waals surface area contributed by atoms with Gasteiger partial charge >= 0.3 is 0 Å². The van der Waals surface area contributed by atoms with Crippen LogP contribution < -0.4 is 9.80 Å². The summed E-state index contributed by atoms with van der Waals surface area (Å²) in [5, 5.41) is 9.68. The summed E-state index contributed by atoms with van der Waals surface area (Å²) in [5.41, 5.74) is 31.2. The number of benzene rings is 16. The lowest BCUT2D eigenvalue weighted by molar-refractivity contribution is 0.660. The SMILES string of the molecule is Cc1ccc(-c2ccc(N(c3ccc4c(c3)C(C)(C)c3ccccc3-4)c3cc4ccc(-c5ccc(-c6ccc(N(c7ccc8c(c7)C(C)(C)c7ccccc7-8)c7cc8ccccc8c8ccccc78)c(-c7ccccc7)c6)cc5)cc4c4ccccc34)c(-c3ccc(C)cc3)c2)cc1. The van der Waals surface area contributed by atoms with Crippen LogP contribution in [-0.4, -0.2) is 0 Å². The standard InChI is InChI=1S/C96H72N2/c1-61-32-36-63(37-33-61)69-46-53-92(86(56-69)67-38-34-62(2)35-39-67)98(74-49-51-81-79-27-17-19-31-88(79)96(5,6)90(81)60-74)94-58-72-45-44-68(54-84(72)77-25-13-15-29-83(77)94)64-40-42-65(43-41-64)70-47-52-91(85(55-70)66-20-8-7-9-21-66)97(93-57-71-22-10-11-23-75(71)76-24-12-14-28-82(76)93)73-48-50-80-78-26-16-18-30-87(78)95(3,4)89(80)59-73/h7-60H,1-6H3. The van der Waals surface area contributed by atoms with Gasteiger partial charge in [-0.25, -0.2) is 0 Å². The maximum Gasteiger partial charge on any atom is 0.0546 e. The molecule has 16 aromatic carbocycles. The number of hydrogen-bond donors (Lipinski definition) is 0. The van der Waals surface area contributed by atoms with Crippen molar-refractivity contribution in [1.82, 2.24) is 0 Å². The molecule has 2 aliphatic carbocycles. The smallest absolute Gasteiger partial charge is 0.0546 e. The van der Waals surface area contributed by atoms with Crippen LogP contribution in [0.1, 0.15) is 61.1 Å². The first-order valence-electron chi connectivity index (χ1n) is 34.4. The van der Waals surface area contributed by atoms with Crippen LogP contribution in [0.5, 0.6) is 0 Å². The highest BCUT2D eigenvalue weighted by molar-refractivity contribution is 6.17. The fraction of sp³-hybridized carbons (Fsp3) is 0.0833. The Morgan fingerprint density at radius 3 is 1.07 bits per heavy atom. The average Bonchev–Trinajstić information content (AvgIpc) is 1.45. The molecule has 2 aliphatic rings. The van der Waals surface area contributed by atoms with Gasteiger partial charge in [0, 0.05) is 44.1 Å². The molecule has 0 amide bonds. The van der Waals surface area contributed by atoms with E-state index in [2.05, 4.69) is 379 Å². The van der Waals surface area contributed by atoms with E-state index in [1.54, 1.807) is 0 Å². The predicted molar refractivity (Wildman–Crippen MR) is 418 cm³/mol. The first-order valence-corrected chi connectivity index (χ1v) is 34.4. The molecule has 0 aromatic heterocycles. The van der Waals surface area contributed by atoms with Crippen molar-refractivity contribution in [3.05, 3.63) is 361 Å². The highest BCUT2D eigenvalue weighted by Crippen LogP contribution is 2.55. The Morgan fingerprint density at radius 2 is 0.561 bits per heavy atom. The van der Waals surface area contributed by atoms with Crippen molar-refractivity contribution in [2.75, 3.05) is 9.80 Å². The Hall–Kier alpha value is -11.8. The molecule has 2 nitrogen and oxygen atoms in total. The van der Waals surface area contributed by atoms with E-state index in [1.165, 1.54) is 132 Å². The van der Waals surface area contributed by atoms with Crippen molar-refractivity contribution in [3.8, 4) is 77.9 Å². The van der Waals surface area contributed by atoms with Crippen molar-refractivity contribution in [2.24, 2.45) is 0 Å². The first-order chi connectivity index (χ1) is 47.9. The molecule has 16 aromatic rings. The van der Waals surface area contributed by atoms with Gasteiger partial charge in [-0.3, -0.25) is 0 Å². The van der Waals surface area contributed by atoms with Crippen molar-refractivity contribution in [1.29, 1.82) is 0 Å². The van der Waals surface area contributed by atoms with E-state index in [0.29, 0.717) is 0 Å². The Morgan fingerprint density at radius 1 is 0.204 bits per heavy atom. The fourth-order valence-corrected chi connectivity index (χ4v) is 16.4. The minimum atomic E-state index is -0.189. The molecule has 2 heteroatoms. The molecule has 0 radical (unpaired) electrons. The van der Waals surface area contributed by atoms with Crippen LogP contribution in [0, 0.1) is 13.8 Å². The minimum Gasteiger partial charge on any atom is -0.309 e. The quantitative estimate of drug-likeness (QED) is 0.119. The normalized spacial score (nSPS) is 13.2. The van der Waals surface area contributed by atoms with E-state index in [1.807, 2.05) is 0 Å². The molecule has 98 heavy (non-hydrogen) atoms. The molecule has 0 bridgehead atoms. The molecule has 0 heterocycles. The summed E-state index contributed by atoms with van der Waals surface area (Å²) in [5.74, 6) is 0. The zero-order chi connectivity index (χ0) is 66.0. The highest BCUT2D eigenvalue weighted by atomic mass is 15.2. The summed E-state index contributed by atoms with van der Waals surface area (Å²) in [6, 6.07) is 123. The van der Waals surface area contributed by atoms with Gasteiger partial charge in [-0.2, -0.15) is 0 Å². The lowest BCUT2D eigenvalue weighted by atomic mass is 9.82. The van der Waals surface area contributed by atoms with E-state index in [4.69, 9.17) is 0 Å². The zero-order valence-corrected chi connectivity index (χ0v) is 56.1. The number of rotatable bonds is 11. The van der Waals surface area contributed by atoms with Crippen LogP contribution in [0.25, 0.3) is 121 Å². The topological polar surface area (TPSA) is 6.48 Å². The van der Waals surface area contributed by atoms with E-state index in [0.717, 1.165) is 56.4 Å². The van der Waals surface area contributed by atoms with Gasteiger partial charge in [-0.1, -0.05) is 300 Å². The monoisotopic (exact) mass is 1250 g/mol. The van der Waals surface area contributed by atoms with Crippen LogP contribution >= 0.6 is 0 Å². The van der Waals surface area contributed by atoms with Crippen molar-refractivity contribution in [3.63, 3.8) is 0 Å². The minimum absolute atomic E-state index is 0.178. The second kappa shape index (κ2) is 22.9. The Kier molecular flexibility index (Phi) is 13.7. The summed E-state index contributed by atoms with van der Waals surface area (Å²) >= 11 is 0. The molecule has 0 atom stereocenters. The van der Waals surface area contributed by atoms with Gasteiger partial charge in [0.1, 0.15) is 0 Å². The van der Waals surface area contributed by atoms with Crippen molar-refractivity contribution < 1.29 is 0 Å². The van der Waals surface area contributed by atoms with Crippen LogP contribution in [-0.2, 0) is 10.8 Å². The number of fused-ring (bicyclic) bond motifs is 12. The molecule has 0 spiro atoms. The highest BCUT2D eigenvalue weighted by Gasteiger charge is 2.38. The largest absolute Gasteiger partial charge is 0.309 e. The van der Waals surface area contributed by atoms with Gasteiger partial charge < -0.3 is 9.80 Å². The van der Waals surface area contributed by atoms with E-state index >= 15 is 0 Å². The van der Waals surface area contributed by atoms with Gasteiger partial charge in [-0.15, -0.1) is 0 Å². The number of nitrogens with zero attached hydrogens (tertiary/aromatic N) is 2. The van der Waals surface area contributed by atoms with Crippen LogP contribution in [0.4, 0.5) is 34.1 Å². The van der Waals surface area contributed by atoms with Gasteiger partial charge in [-0.05, 0) is 202 Å². The average molecular weight is 1250 g/mol. The third-order valence-electron chi connectivity index (χ3n) is 21.6. The van der Waals surface area contributed by atoms with Gasteiger partial charge in [0.2, 0.25) is 0 Å². The molecule has 466 valence electrons. The summed E-state index contributed by atoms with van der Waals surface area (Å²) in [6.07, 6.45) is 0. The van der Waals surface area contributed by atoms with Crippen molar-refractivity contribution >= 4 is 77.2 Å². The van der Waals surface area contributed by atoms with Crippen LogP contribution in [0.2, 0.25) is 0 Å². The molecular formula is C96H72N2. The number of aryl methyl sites for hydroxylation is 2. The lowest BCUT2D eigenvalue weighted by Gasteiger charge is -2.31. The third kappa shape index (κ3) is 9.61. The second-order valence-corrected chi connectivity index (χ2v) is 28.2.